The molecule has 2 atom stereocenters. The van der Waals surface area contributed by atoms with Gasteiger partial charge in [0.1, 0.15) is 6.10 Å². The Labute approximate surface area is 185 Å². The molecule has 1 saturated heterocycles. The second-order valence-electron chi connectivity index (χ2n) is 7.77. The van der Waals surface area contributed by atoms with E-state index in [9.17, 15) is 18.4 Å². The quantitative estimate of drug-likeness (QED) is 0.612. The van der Waals surface area contributed by atoms with Gasteiger partial charge in [0.2, 0.25) is 0 Å². The van der Waals surface area contributed by atoms with Gasteiger partial charge in [0, 0.05) is 31.2 Å². The lowest BCUT2D eigenvalue weighted by molar-refractivity contribution is 0.0635. The van der Waals surface area contributed by atoms with Crippen LogP contribution in [0.1, 0.15) is 26.3 Å². The number of pyridine rings is 1. The first-order valence-electron chi connectivity index (χ1n) is 10.1. The molecule has 1 aromatic heterocycles. The number of ether oxygens (including phenoxy) is 1. The predicted octanol–water partition coefficient (Wildman–Crippen LogP) is 5.37. The zero-order valence-electron chi connectivity index (χ0n) is 18.1. The lowest BCUT2D eigenvalue weighted by Crippen LogP contribution is -2.45. The van der Waals surface area contributed by atoms with Crippen molar-refractivity contribution in [3.63, 3.8) is 0 Å². The number of imide groups is 1. The highest BCUT2D eigenvalue weighted by Crippen LogP contribution is 2.26. The summed E-state index contributed by atoms with van der Waals surface area (Å²) in [7, 11) is 0. The van der Waals surface area contributed by atoms with Crippen molar-refractivity contribution >= 4 is 22.9 Å². The Morgan fingerprint density at radius 1 is 1.34 bits per heavy atom. The molecule has 1 aliphatic rings. The lowest BCUT2D eigenvalue weighted by atomic mass is 10.0. The molecule has 2 heterocycles. The van der Waals surface area contributed by atoms with Crippen LogP contribution < -0.4 is 5.32 Å². The molecular weight excluding hydrogens is 416 g/mol. The number of nitrogens with one attached hydrogen (secondary N) is 1. The van der Waals surface area contributed by atoms with E-state index in [0.717, 1.165) is 28.2 Å². The molecule has 0 bridgehead atoms. The number of rotatable bonds is 6. The molecule has 6 nitrogen and oxygen atoms in total. The molecule has 3 rings (SSSR count). The number of cyclic esters (lactones) is 1. The number of fused-ring (bicyclic) bond motifs is 1. The molecule has 3 amide bonds. The van der Waals surface area contributed by atoms with E-state index < -0.39 is 30.2 Å². The highest BCUT2D eigenvalue weighted by atomic mass is 19.3. The van der Waals surface area contributed by atoms with Gasteiger partial charge in [-0.05, 0) is 35.9 Å². The number of aromatic nitrogens is 1. The van der Waals surface area contributed by atoms with Crippen molar-refractivity contribution in [2.45, 2.75) is 45.4 Å². The molecule has 0 spiro atoms. The molecule has 1 aliphatic heterocycles. The van der Waals surface area contributed by atoms with Gasteiger partial charge in [0.05, 0.1) is 6.04 Å². The Hall–Kier alpha value is -3.55. The molecule has 1 N–H and O–H groups in total. The molecule has 168 valence electrons. The number of halogens is 2. The number of urea groups is 1. The Morgan fingerprint density at radius 3 is 2.78 bits per heavy atom. The zero-order chi connectivity index (χ0) is 23.5. The van der Waals surface area contributed by atoms with Gasteiger partial charge < -0.3 is 10.1 Å². The lowest BCUT2D eigenvalue weighted by Gasteiger charge is -2.20. The molecular formula is C24H25F2N3O3. The minimum absolute atomic E-state index is 0.109. The second kappa shape index (κ2) is 9.30. The van der Waals surface area contributed by atoms with Crippen LogP contribution in [0.15, 0.2) is 72.6 Å². The summed E-state index contributed by atoms with van der Waals surface area (Å²) in [4.78, 5) is 30.2. The molecule has 32 heavy (non-hydrogen) atoms. The van der Waals surface area contributed by atoms with Gasteiger partial charge in [-0.15, -0.1) is 0 Å². The van der Waals surface area contributed by atoms with E-state index in [0.29, 0.717) is 5.57 Å². The fourth-order valence-corrected chi connectivity index (χ4v) is 3.35. The van der Waals surface area contributed by atoms with Crippen LogP contribution in [0.5, 0.6) is 0 Å². The standard InChI is InChI=1S/C24H25F2N3O3/c1-15(8-7-9-16(2)24(4,25)26)21-17(3)29(23(31)32-21)22(30)28-14-19-13-27-12-18-10-5-6-11-20(18)19/h5-13,17,21H,1,14H2,2-4H3,(H,28,30)/b8-7-,16-9+/t17-,21+/m0/s1. The van der Waals surface area contributed by atoms with Crippen LogP contribution in [0.25, 0.3) is 10.8 Å². The maximum absolute atomic E-state index is 13.2. The van der Waals surface area contributed by atoms with Crippen molar-refractivity contribution in [1.82, 2.24) is 15.2 Å². The van der Waals surface area contributed by atoms with Gasteiger partial charge in [0.15, 0.2) is 0 Å². The van der Waals surface area contributed by atoms with Crippen LogP contribution in [0, 0.1) is 0 Å². The third kappa shape index (κ3) is 5.01. The Kier molecular flexibility index (Phi) is 6.72. The Morgan fingerprint density at radius 2 is 2.06 bits per heavy atom. The number of benzene rings is 1. The monoisotopic (exact) mass is 441 g/mol. The minimum atomic E-state index is -2.92. The van der Waals surface area contributed by atoms with Crippen molar-refractivity contribution in [2.24, 2.45) is 0 Å². The van der Waals surface area contributed by atoms with E-state index in [2.05, 4.69) is 16.9 Å². The molecule has 0 aliphatic carbocycles. The van der Waals surface area contributed by atoms with Crippen molar-refractivity contribution in [2.75, 3.05) is 0 Å². The fraction of sp³-hybridized carbons (Fsp3) is 0.292. The maximum Gasteiger partial charge on any atom is 0.419 e. The molecule has 8 heteroatoms. The van der Waals surface area contributed by atoms with E-state index in [1.165, 1.54) is 25.2 Å². The van der Waals surface area contributed by atoms with Crippen molar-refractivity contribution < 1.29 is 23.1 Å². The van der Waals surface area contributed by atoms with Crippen LogP contribution >= 0.6 is 0 Å². The molecule has 0 saturated carbocycles. The van der Waals surface area contributed by atoms with E-state index >= 15 is 0 Å². The van der Waals surface area contributed by atoms with Crippen LogP contribution in [-0.2, 0) is 11.3 Å². The number of allylic oxidation sites excluding steroid dienone is 3. The minimum Gasteiger partial charge on any atom is -0.439 e. The second-order valence-corrected chi connectivity index (χ2v) is 7.77. The summed E-state index contributed by atoms with van der Waals surface area (Å²) in [5.41, 5.74) is 1.10. The van der Waals surface area contributed by atoms with Crippen molar-refractivity contribution in [1.29, 1.82) is 0 Å². The summed E-state index contributed by atoms with van der Waals surface area (Å²) in [6.07, 6.45) is 6.02. The third-order valence-corrected chi connectivity index (χ3v) is 5.38. The van der Waals surface area contributed by atoms with Gasteiger partial charge in [-0.25, -0.2) is 23.3 Å². The first-order chi connectivity index (χ1) is 15.1. The van der Waals surface area contributed by atoms with Gasteiger partial charge >= 0.3 is 12.1 Å². The van der Waals surface area contributed by atoms with Gasteiger partial charge in [-0.3, -0.25) is 4.98 Å². The fourth-order valence-electron chi connectivity index (χ4n) is 3.35. The maximum atomic E-state index is 13.2. The van der Waals surface area contributed by atoms with E-state index in [1.54, 1.807) is 19.3 Å². The number of hydrogen-bond donors (Lipinski definition) is 1. The summed E-state index contributed by atoms with van der Waals surface area (Å²) >= 11 is 0. The van der Waals surface area contributed by atoms with Crippen LogP contribution in [0.3, 0.4) is 0 Å². The highest BCUT2D eigenvalue weighted by molar-refractivity contribution is 5.93. The summed E-state index contributed by atoms with van der Waals surface area (Å²) < 4.78 is 31.8. The van der Waals surface area contributed by atoms with E-state index in [-0.39, 0.29) is 12.1 Å². The number of amides is 3. The normalized spacial score (nSPS) is 19.5. The predicted molar refractivity (Wildman–Crippen MR) is 118 cm³/mol. The molecule has 2 aromatic rings. The van der Waals surface area contributed by atoms with Crippen molar-refractivity contribution in [3.05, 3.63) is 78.2 Å². The highest BCUT2D eigenvalue weighted by Gasteiger charge is 2.43. The van der Waals surface area contributed by atoms with Gasteiger partial charge in [-0.1, -0.05) is 49.1 Å². The van der Waals surface area contributed by atoms with Gasteiger partial charge in [0.25, 0.3) is 5.92 Å². The van der Waals surface area contributed by atoms with E-state index in [1.807, 2.05) is 24.3 Å². The van der Waals surface area contributed by atoms with Gasteiger partial charge in [-0.2, -0.15) is 0 Å². The number of carbonyl (C=O) groups is 2. The third-order valence-electron chi connectivity index (χ3n) is 5.38. The van der Waals surface area contributed by atoms with Crippen LogP contribution in [0.2, 0.25) is 0 Å². The molecule has 0 unspecified atom stereocenters. The largest absolute Gasteiger partial charge is 0.439 e. The zero-order valence-corrected chi connectivity index (χ0v) is 18.1. The molecule has 1 aromatic carbocycles. The Balaban J connectivity index is 1.65. The topological polar surface area (TPSA) is 71.5 Å². The first kappa shape index (κ1) is 23.1. The number of nitrogens with zero attached hydrogens (tertiary/aromatic N) is 2. The van der Waals surface area contributed by atoms with E-state index in [4.69, 9.17) is 4.74 Å². The molecule has 0 radical (unpaired) electrons. The summed E-state index contributed by atoms with van der Waals surface area (Å²) in [6, 6.07) is 6.44. The average Bonchev–Trinajstić information content (AvgIpc) is 3.05. The number of alkyl halides is 2. The average molecular weight is 441 g/mol. The summed E-state index contributed by atoms with van der Waals surface area (Å²) in [6.45, 7) is 7.84. The number of carbonyl (C=O) groups excluding carboxylic acids is 2. The SMILES string of the molecule is C=C(/C=C\C=C(/C)C(C)(F)F)[C@H]1OC(=O)N(C(=O)NCc2cncc3ccccc23)[C@H]1C. The Bertz CT molecular complexity index is 1100. The summed E-state index contributed by atoms with van der Waals surface area (Å²) in [5.74, 6) is -2.92. The van der Waals surface area contributed by atoms with Crippen LogP contribution in [0.4, 0.5) is 18.4 Å². The molecule has 1 fully saturated rings. The van der Waals surface area contributed by atoms with Crippen molar-refractivity contribution in [3.8, 4) is 0 Å². The first-order valence-corrected chi connectivity index (χ1v) is 10.1. The summed E-state index contributed by atoms with van der Waals surface area (Å²) in [5, 5.41) is 4.64. The van der Waals surface area contributed by atoms with Crippen LogP contribution in [-0.4, -0.2) is 40.1 Å². The number of hydrogen-bond acceptors (Lipinski definition) is 4. The smallest absolute Gasteiger partial charge is 0.419 e.